The van der Waals surface area contributed by atoms with Crippen molar-refractivity contribution in [2.75, 3.05) is 0 Å². The minimum atomic E-state index is -1.76. The van der Waals surface area contributed by atoms with Crippen molar-refractivity contribution in [2.24, 2.45) is 0 Å². The van der Waals surface area contributed by atoms with E-state index in [9.17, 15) is 0 Å². The Bertz CT molecular complexity index is 356. The van der Waals surface area contributed by atoms with Crippen molar-refractivity contribution in [3.63, 3.8) is 0 Å². The zero-order chi connectivity index (χ0) is 19.3. The van der Waals surface area contributed by atoms with Gasteiger partial charge in [-0.1, -0.05) is 79.7 Å². The average molecular weight is 364 g/mol. The molecular weight excluding hydrogens is 319 g/mol. The van der Waals surface area contributed by atoms with Crippen LogP contribution in [-0.2, 0) is 0 Å². The van der Waals surface area contributed by atoms with Crippen LogP contribution in [0.3, 0.4) is 0 Å². The molecule has 0 amide bonds. The molecule has 0 N–H and O–H groups in total. The molecule has 0 nitrogen and oxygen atoms in total. The fourth-order valence-electron chi connectivity index (χ4n) is 3.54. The van der Waals surface area contributed by atoms with Crippen LogP contribution in [0.4, 0.5) is 0 Å². The summed E-state index contributed by atoms with van der Waals surface area (Å²) in [5.41, 5.74) is 0. The first kappa shape index (κ1) is 24.4. The highest BCUT2D eigenvalue weighted by atomic mass is 31.2. The first-order valence-electron chi connectivity index (χ1n) is 10.6. The van der Waals surface area contributed by atoms with Gasteiger partial charge in [-0.05, 0) is 25.7 Å². The first-order valence-corrected chi connectivity index (χ1v) is 12.3. The smallest absolute Gasteiger partial charge is 0.0654 e. The van der Waals surface area contributed by atoms with Gasteiger partial charge in [0.1, 0.15) is 7.26 Å². The van der Waals surface area contributed by atoms with Crippen molar-refractivity contribution in [1.82, 2.24) is 0 Å². The largest absolute Gasteiger partial charge is 0.124 e. The molecule has 144 valence electrons. The number of rotatable bonds is 16. The molecule has 0 rings (SSSR count). The molecule has 0 aliphatic carbocycles. The first-order chi connectivity index (χ1) is 11.9. The molecule has 0 saturated heterocycles. The number of hydrogen-bond donors (Lipinski definition) is 0. The van der Waals surface area contributed by atoms with Gasteiger partial charge in [0.25, 0.3) is 0 Å². The maximum Gasteiger partial charge on any atom is 0.124 e. The summed E-state index contributed by atoms with van der Waals surface area (Å²) in [4.78, 5) is 0. The van der Waals surface area contributed by atoms with Gasteiger partial charge in [-0.3, -0.25) is 0 Å². The van der Waals surface area contributed by atoms with Crippen molar-refractivity contribution in [2.45, 2.75) is 105 Å². The molecule has 0 aliphatic heterocycles. The SMILES string of the molecule is C=C(CCCC)[P+](C(=C)CCCC)(C(=C)CCCC)C(=C)CCCC. The maximum absolute atomic E-state index is 4.62. The van der Waals surface area contributed by atoms with E-state index < -0.39 is 7.26 Å². The monoisotopic (exact) mass is 363 g/mol. The third-order valence-electron chi connectivity index (χ3n) is 5.17. The standard InChI is InChI=1S/C24H44P/c1-9-13-17-21(5)25(22(6)18-14-10-2,23(7)19-15-11-3)24(8)20-16-12-4/h5-20H2,1-4H3/q+1. The fraction of sp³-hybridized carbons (Fsp3) is 0.667. The van der Waals surface area contributed by atoms with Crippen LogP contribution in [0.25, 0.3) is 0 Å². The maximum atomic E-state index is 4.62. The molecular formula is C24H44P+. The van der Waals surface area contributed by atoms with Gasteiger partial charge in [-0.2, -0.15) is 0 Å². The molecule has 0 fully saturated rings. The van der Waals surface area contributed by atoms with Gasteiger partial charge >= 0.3 is 0 Å². The Morgan fingerprint density at radius 1 is 0.480 bits per heavy atom. The minimum absolute atomic E-state index is 1.10. The van der Waals surface area contributed by atoms with Crippen LogP contribution in [0.15, 0.2) is 47.6 Å². The van der Waals surface area contributed by atoms with Gasteiger partial charge in [-0.15, -0.1) is 0 Å². The highest BCUT2D eigenvalue weighted by Crippen LogP contribution is 2.83. The van der Waals surface area contributed by atoms with Crippen molar-refractivity contribution < 1.29 is 0 Å². The van der Waals surface area contributed by atoms with E-state index in [0.29, 0.717) is 0 Å². The van der Waals surface area contributed by atoms with Crippen LogP contribution < -0.4 is 0 Å². The van der Waals surface area contributed by atoms with E-state index in [-0.39, 0.29) is 0 Å². The van der Waals surface area contributed by atoms with Crippen molar-refractivity contribution in [1.29, 1.82) is 0 Å². The Morgan fingerprint density at radius 2 is 0.680 bits per heavy atom. The van der Waals surface area contributed by atoms with E-state index in [1.807, 2.05) is 0 Å². The predicted octanol–water partition coefficient (Wildman–Crippen LogP) is 9.82. The van der Waals surface area contributed by atoms with Gasteiger partial charge < -0.3 is 0 Å². The van der Waals surface area contributed by atoms with Gasteiger partial charge in [0.2, 0.25) is 0 Å². The molecule has 0 heterocycles. The van der Waals surface area contributed by atoms with Crippen molar-refractivity contribution >= 4 is 7.26 Å². The molecule has 0 aromatic carbocycles. The molecule has 1 heteroatoms. The molecule has 0 spiro atoms. The van der Waals surface area contributed by atoms with Crippen LogP contribution in [0.5, 0.6) is 0 Å². The summed E-state index contributed by atoms with van der Waals surface area (Å²) in [6.07, 6.45) is 14.1. The molecule has 0 aromatic rings. The zero-order valence-electron chi connectivity index (χ0n) is 17.8. The lowest BCUT2D eigenvalue weighted by molar-refractivity contribution is 0.785. The summed E-state index contributed by atoms with van der Waals surface area (Å²) in [6.45, 7) is 27.5. The molecule has 0 bridgehead atoms. The van der Waals surface area contributed by atoms with Crippen LogP contribution in [0.1, 0.15) is 105 Å². The third-order valence-corrected chi connectivity index (χ3v) is 9.86. The second kappa shape index (κ2) is 13.6. The Kier molecular flexibility index (Phi) is 13.2. The van der Waals surface area contributed by atoms with Gasteiger partial charge in [0.15, 0.2) is 0 Å². The number of unbranched alkanes of at least 4 members (excludes halogenated alkanes) is 4. The lowest BCUT2D eigenvalue weighted by Crippen LogP contribution is -2.06. The van der Waals surface area contributed by atoms with E-state index in [4.69, 9.17) is 0 Å². The van der Waals surface area contributed by atoms with E-state index in [1.165, 1.54) is 72.6 Å². The number of hydrogen-bond acceptors (Lipinski definition) is 0. The van der Waals surface area contributed by atoms with E-state index in [2.05, 4.69) is 54.0 Å². The second-order valence-corrected chi connectivity index (χ2v) is 11.2. The lowest BCUT2D eigenvalue weighted by Gasteiger charge is -2.33. The zero-order valence-corrected chi connectivity index (χ0v) is 18.7. The normalized spacial score (nSPS) is 11.4. The highest BCUT2D eigenvalue weighted by molar-refractivity contribution is 7.90. The van der Waals surface area contributed by atoms with Crippen molar-refractivity contribution in [3.05, 3.63) is 47.6 Å². The fourth-order valence-corrected chi connectivity index (χ4v) is 8.19. The Hall–Kier alpha value is -0.610. The second-order valence-electron chi connectivity index (χ2n) is 7.35. The van der Waals surface area contributed by atoms with Crippen LogP contribution in [-0.4, -0.2) is 0 Å². The highest BCUT2D eigenvalue weighted by Gasteiger charge is 2.49. The molecule has 25 heavy (non-hydrogen) atoms. The Morgan fingerprint density at radius 3 is 0.840 bits per heavy atom. The summed E-state index contributed by atoms with van der Waals surface area (Å²) in [5, 5.41) is 5.60. The van der Waals surface area contributed by atoms with Crippen LogP contribution in [0, 0.1) is 0 Å². The van der Waals surface area contributed by atoms with E-state index >= 15 is 0 Å². The lowest BCUT2D eigenvalue weighted by atomic mass is 10.2. The molecule has 0 unspecified atom stereocenters. The summed E-state index contributed by atoms with van der Waals surface area (Å²) in [5.74, 6) is 0. The summed E-state index contributed by atoms with van der Waals surface area (Å²) >= 11 is 0. The Labute approximate surface area is 159 Å². The van der Waals surface area contributed by atoms with Crippen LogP contribution >= 0.6 is 7.26 Å². The molecule has 0 atom stereocenters. The summed E-state index contributed by atoms with van der Waals surface area (Å²) in [7, 11) is -1.76. The third kappa shape index (κ3) is 6.90. The number of allylic oxidation sites excluding steroid dienone is 4. The summed E-state index contributed by atoms with van der Waals surface area (Å²) in [6, 6.07) is 0. The average Bonchev–Trinajstić information content (AvgIpc) is 2.61. The molecule has 0 saturated carbocycles. The molecule has 0 aromatic heterocycles. The van der Waals surface area contributed by atoms with Gasteiger partial charge in [0.05, 0.1) is 21.3 Å². The predicted molar refractivity (Wildman–Crippen MR) is 122 cm³/mol. The van der Waals surface area contributed by atoms with E-state index in [0.717, 1.165) is 25.7 Å². The Balaban J connectivity index is 5.90. The van der Waals surface area contributed by atoms with Gasteiger partial charge in [-0.25, -0.2) is 0 Å². The van der Waals surface area contributed by atoms with Gasteiger partial charge in [0, 0.05) is 25.7 Å². The molecule has 0 radical (unpaired) electrons. The minimum Gasteiger partial charge on any atom is -0.0654 e. The van der Waals surface area contributed by atoms with E-state index in [1.54, 1.807) is 0 Å². The quantitative estimate of drug-likeness (QED) is 0.239. The van der Waals surface area contributed by atoms with Crippen molar-refractivity contribution in [3.8, 4) is 0 Å². The van der Waals surface area contributed by atoms with Crippen LogP contribution in [0.2, 0.25) is 0 Å². The summed E-state index contributed by atoms with van der Waals surface area (Å²) < 4.78 is 0. The topological polar surface area (TPSA) is 0 Å². The molecule has 0 aliphatic rings.